The summed E-state index contributed by atoms with van der Waals surface area (Å²) in [5.41, 5.74) is 6.81. The van der Waals surface area contributed by atoms with E-state index in [0.29, 0.717) is 17.8 Å². The number of hydrogen-bond acceptors (Lipinski definition) is 5. The van der Waals surface area contributed by atoms with Crippen LogP contribution in [-0.4, -0.2) is 52.3 Å². The van der Waals surface area contributed by atoms with Gasteiger partial charge < -0.3 is 20.8 Å². The molecule has 1 heterocycles. The van der Waals surface area contributed by atoms with Crippen molar-refractivity contribution in [2.45, 2.75) is 13.3 Å². The predicted molar refractivity (Wildman–Crippen MR) is 68.1 cm³/mol. The largest absolute Gasteiger partial charge is 0.395 e. The van der Waals surface area contributed by atoms with Crippen LogP contribution in [0.1, 0.15) is 23.0 Å². The number of nitrogens with two attached hydrogens (primary N) is 1. The van der Waals surface area contributed by atoms with Gasteiger partial charge in [-0.15, -0.1) is 0 Å². The lowest BCUT2D eigenvalue weighted by Crippen LogP contribution is -2.36. The van der Waals surface area contributed by atoms with Crippen LogP contribution in [0.2, 0.25) is 0 Å². The Labute approximate surface area is 106 Å². The molecular formula is C12H19N3O3. The standard InChI is InChI=1S/C12H19N3O3/c1-2-10-7-9(8-11(13)14-10)12(18)15(3-5-16)4-6-17/h7-8,16-17H,2-6H2,1H3,(H2,13,14). The van der Waals surface area contributed by atoms with E-state index in [1.807, 2.05) is 6.92 Å². The maximum absolute atomic E-state index is 12.2. The van der Waals surface area contributed by atoms with E-state index in [1.54, 1.807) is 6.07 Å². The van der Waals surface area contributed by atoms with Gasteiger partial charge in [0.2, 0.25) is 0 Å². The summed E-state index contributed by atoms with van der Waals surface area (Å²) >= 11 is 0. The zero-order chi connectivity index (χ0) is 13.5. The molecule has 0 aliphatic heterocycles. The number of aromatic nitrogens is 1. The van der Waals surface area contributed by atoms with Crippen LogP contribution in [0.15, 0.2) is 12.1 Å². The fourth-order valence-electron chi connectivity index (χ4n) is 1.65. The first-order valence-electron chi connectivity index (χ1n) is 5.89. The van der Waals surface area contributed by atoms with Crippen molar-refractivity contribution >= 4 is 11.7 Å². The zero-order valence-corrected chi connectivity index (χ0v) is 10.5. The Kier molecular flexibility index (Phi) is 5.54. The first-order valence-corrected chi connectivity index (χ1v) is 5.89. The number of carbonyl (C=O) groups is 1. The second-order valence-electron chi connectivity index (χ2n) is 3.86. The van der Waals surface area contributed by atoms with Crippen molar-refractivity contribution in [1.29, 1.82) is 0 Å². The molecule has 4 N–H and O–H groups in total. The van der Waals surface area contributed by atoms with E-state index >= 15 is 0 Å². The van der Waals surface area contributed by atoms with Gasteiger partial charge in [-0.05, 0) is 18.6 Å². The van der Waals surface area contributed by atoms with E-state index in [1.165, 1.54) is 11.0 Å². The maximum atomic E-state index is 12.2. The number of aryl methyl sites for hydroxylation is 1. The number of aliphatic hydroxyl groups excluding tert-OH is 2. The molecule has 0 aromatic carbocycles. The minimum atomic E-state index is -0.262. The third-order valence-electron chi connectivity index (χ3n) is 2.53. The predicted octanol–water partition coefficient (Wildman–Crippen LogP) is -0.347. The molecule has 1 aromatic rings. The Morgan fingerprint density at radius 3 is 2.44 bits per heavy atom. The van der Waals surface area contributed by atoms with E-state index < -0.39 is 0 Å². The summed E-state index contributed by atoms with van der Waals surface area (Å²) < 4.78 is 0. The highest BCUT2D eigenvalue weighted by molar-refractivity contribution is 5.95. The van der Waals surface area contributed by atoms with Crippen molar-refractivity contribution in [3.63, 3.8) is 0 Å². The quantitative estimate of drug-likeness (QED) is 0.643. The summed E-state index contributed by atoms with van der Waals surface area (Å²) in [4.78, 5) is 17.6. The first-order chi connectivity index (χ1) is 8.62. The van der Waals surface area contributed by atoms with E-state index in [2.05, 4.69) is 4.98 Å². The summed E-state index contributed by atoms with van der Waals surface area (Å²) in [5.74, 6) is 0.0348. The molecular weight excluding hydrogens is 234 g/mol. The first kappa shape index (κ1) is 14.4. The topological polar surface area (TPSA) is 99.7 Å². The second kappa shape index (κ2) is 6.93. The molecule has 18 heavy (non-hydrogen) atoms. The van der Waals surface area contributed by atoms with Gasteiger partial charge in [-0.2, -0.15) is 0 Å². The lowest BCUT2D eigenvalue weighted by molar-refractivity contribution is 0.0684. The van der Waals surface area contributed by atoms with Crippen molar-refractivity contribution in [3.05, 3.63) is 23.4 Å². The molecule has 6 nitrogen and oxygen atoms in total. The van der Waals surface area contributed by atoms with Crippen LogP contribution in [0.5, 0.6) is 0 Å². The summed E-state index contributed by atoms with van der Waals surface area (Å²) in [6, 6.07) is 3.18. The molecule has 0 aliphatic carbocycles. The van der Waals surface area contributed by atoms with Crippen LogP contribution in [-0.2, 0) is 6.42 Å². The molecule has 0 unspecified atom stereocenters. The van der Waals surface area contributed by atoms with Crippen LogP contribution in [0.25, 0.3) is 0 Å². The van der Waals surface area contributed by atoms with Gasteiger partial charge in [0, 0.05) is 24.3 Å². The van der Waals surface area contributed by atoms with Crippen molar-refractivity contribution < 1.29 is 15.0 Å². The third kappa shape index (κ3) is 3.68. The van der Waals surface area contributed by atoms with Gasteiger partial charge in [0.25, 0.3) is 5.91 Å². The highest BCUT2D eigenvalue weighted by atomic mass is 16.3. The van der Waals surface area contributed by atoms with Gasteiger partial charge >= 0.3 is 0 Å². The normalized spacial score (nSPS) is 10.4. The Morgan fingerprint density at radius 1 is 1.33 bits per heavy atom. The maximum Gasteiger partial charge on any atom is 0.254 e. The zero-order valence-electron chi connectivity index (χ0n) is 10.5. The van der Waals surface area contributed by atoms with Gasteiger partial charge in [0.05, 0.1) is 13.2 Å². The molecule has 6 heteroatoms. The molecule has 0 aliphatic rings. The molecule has 1 rings (SSSR count). The fraction of sp³-hybridized carbons (Fsp3) is 0.500. The van der Waals surface area contributed by atoms with Crippen LogP contribution in [0.3, 0.4) is 0 Å². The summed E-state index contributed by atoms with van der Waals surface area (Å²) in [6.45, 7) is 2.00. The lowest BCUT2D eigenvalue weighted by atomic mass is 10.1. The number of anilines is 1. The molecule has 0 radical (unpaired) electrons. The molecule has 100 valence electrons. The Morgan fingerprint density at radius 2 is 1.94 bits per heavy atom. The molecule has 0 bridgehead atoms. The Bertz CT molecular complexity index is 404. The average molecular weight is 253 g/mol. The van der Waals surface area contributed by atoms with Gasteiger partial charge in [0.1, 0.15) is 5.82 Å². The summed E-state index contributed by atoms with van der Waals surface area (Å²) in [5, 5.41) is 17.8. The Balaban J connectivity index is 2.96. The minimum Gasteiger partial charge on any atom is -0.395 e. The van der Waals surface area contributed by atoms with Crippen molar-refractivity contribution in [2.75, 3.05) is 32.0 Å². The number of hydrogen-bond donors (Lipinski definition) is 3. The van der Waals surface area contributed by atoms with Crippen molar-refractivity contribution in [3.8, 4) is 0 Å². The highest BCUT2D eigenvalue weighted by Gasteiger charge is 2.16. The lowest BCUT2D eigenvalue weighted by Gasteiger charge is -2.21. The number of nitrogens with zero attached hydrogens (tertiary/aromatic N) is 2. The monoisotopic (exact) mass is 253 g/mol. The second-order valence-corrected chi connectivity index (χ2v) is 3.86. The van der Waals surface area contributed by atoms with Crippen molar-refractivity contribution in [2.24, 2.45) is 0 Å². The number of rotatable bonds is 6. The molecule has 0 atom stereocenters. The fourth-order valence-corrected chi connectivity index (χ4v) is 1.65. The van der Waals surface area contributed by atoms with E-state index in [4.69, 9.17) is 15.9 Å². The number of carbonyl (C=O) groups excluding carboxylic acids is 1. The van der Waals surface area contributed by atoms with Crippen LogP contribution < -0.4 is 5.73 Å². The number of nitrogen functional groups attached to an aromatic ring is 1. The smallest absolute Gasteiger partial charge is 0.254 e. The molecule has 1 aromatic heterocycles. The molecule has 0 saturated heterocycles. The summed E-state index contributed by atoms with van der Waals surface area (Å²) in [7, 11) is 0. The van der Waals surface area contributed by atoms with E-state index in [9.17, 15) is 4.79 Å². The molecule has 0 saturated carbocycles. The van der Waals surface area contributed by atoms with E-state index in [-0.39, 0.29) is 32.2 Å². The minimum absolute atomic E-state index is 0.146. The molecule has 1 amide bonds. The average Bonchev–Trinajstić information content (AvgIpc) is 2.36. The SMILES string of the molecule is CCc1cc(C(=O)N(CCO)CCO)cc(N)n1. The van der Waals surface area contributed by atoms with Gasteiger partial charge in [-0.25, -0.2) is 4.98 Å². The molecule has 0 fully saturated rings. The van der Waals surface area contributed by atoms with Crippen LogP contribution in [0, 0.1) is 0 Å². The van der Waals surface area contributed by atoms with Gasteiger partial charge in [0.15, 0.2) is 0 Å². The summed E-state index contributed by atoms with van der Waals surface area (Å²) in [6.07, 6.45) is 0.686. The number of pyridine rings is 1. The van der Waals surface area contributed by atoms with Crippen molar-refractivity contribution in [1.82, 2.24) is 9.88 Å². The molecule has 0 spiro atoms. The Hall–Kier alpha value is -1.66. The third-order valence-corrected chi connectivity index (χ3v) is 2.53. The highest BCUT2D eigenvalue weighted by Crippen LogP contribution is 2.11. The number of amides is 1. The van der Waals surface area contributed by atoms with Crippen LogP contribution in [0.4, 0.5) is 5.82 Å². The van der Waals surface area contributed by atoms with E-state index in [0.717, 1.165) is 5.69 Å². The van der Waals surface area contributed by atoms with Gasteiger partial charge in [-0.3, -0.25) is 4.79 Å². The van der Waals surface area contributed by atoms with Crippen LogP contribution >= 0.6 is 0 Å². The van der Waals surface area contributed by atoms with Gasteiger partial charge in [-0.1, -0.05) is 6.92 Å². The number of aliphatic hydroxyl groups is 2.